The first-order valence-electron chi connectivity index (χ1n) is 8.91. The molecule has 0 fully saturated rings. The van der Waals surface area contributed by atoms with Gasteiger partial charge in [-0.05, 0) is 36.2 Å². The number of halogens is 3. The van der Waals surface area contributed by atoms with Crippen LogP contribution in [0.4, 0.5) is 4.39 Å². The summed E-state index contributed by atoms with van der Waals surface area (Å²) in [4.78, 5) is 8.55. The van der Waals surface area contributed by atoms with Crippen LogP contribution in [0.2, 0.25) is 5.02 Å². The van der Waals surface area contributed by atoms with Gasteiger partial charge in [0.05, 0.1) is 0 Å². The van der Waals surface area contributed by atoms with Crippen molar-refractivity contribution in [1.29, 1.82) is 0 Å². The molecule has 0 unspecified atom stereocenters. The second-order valence-corrected chi connectivity index (χ2v) is 6.51. The first-order valence-corrected chi connectivity index (χ1v) is 9.29. The number of rotatable bonds is 7. The van der Waals surface area contributed by atoms with E-state index in [1.165, 1.54) is 12.1 Å². The van der Waals surface area contributed by atoms with Crippen molar-refractivity contribution >= 4 is 41.5 Å². The van der Waals surface area contributed by atoms with Crippen LogP contribution in [-0.2, 0) is 12.8 Å². The van der Waals surface area contributed by atoms with Gasteiger partial charge in [0.15, 0.2) is 5.96 Å². The maximum Gasteiger partial charge on any atom is 0.228 e. The number of hydrogen-bond acceptors (Lipinski definition) is 4. The monoisotopic (exact) mass is 529 g/mol. The van der Waals surface area contributed by atoms with Gasteiger partial charge < -0.3 is 15.2 Å². The predicted molar refractivity (Wildman–Crippen MR) is 123 cm³/mol. The summed E-state index contributed by atoms with van der Waals surface area (Å²) in [6, 6.07) is 13.9. The number of hydrogen-bond donors (Lipinski definition) is 2. The van der Waals surface area contributed by atoms with Crippen molar-refractivity contribution in [3.05, 3.63) is 70.8 Å². The van der Waals surface area contributed by atoms with E-state index < -0.39 is 0 Å². The van der Waals surface area contributed by atoms with Crippen LogP contribution in [0.5, 0.6) is 0 Å². The highest BCUT2D eigenvalue weighted by Crippen LogP contribution is 2.19. The van der Waals surface area contributed by atoms with Gasteiger partial charge in [-0.2, -0.15) is 4.98 Å². The lowest BCUT2D eigenvalue weighted by Crippen LogP contribution is -2.39. The SMILES string of the molecule is CN=C(NCCc1cccc(F)c1)NCCc1nc(-c2cccc(Cl)c2)no1.I. The Morgan fingerprint density at radius 3 is 2.59 bits per heavy atom. The highest BCUT2D eigenvalue weighted by atomic mass is 127. The Balaban J connectivity index is 0.00000300. The Bertz CT molecular complexity index is 950. The number of aromatic nitrogens is 2. The molecule has 154 valence electrons. The summed E-state index contributed by atoms with van der Waals surface area (Å²) in [5.74, 6) is 1.47. The molecule has 1 aromatic heterocycles. The summed E-state index contributed by atoms with van der Waals surface area (Å²) in [6.07, 6.45) is 1.25. The molecule has 0 aliphatic carbocycles. The van der Waals surface area contributed by atoms with E-state index in [-0.39, 0.29) is 29.8 Å². The van der Waals surface area contributed by atoms with Crippen LogP contribution in [0.3, 0.4) is 0 Å². The molecule has 0 spiro atoms. The number of benzene rings is 2. The Labute approximate surface area is 191 Å². The molecule has 29 heavy (non-hydrogen) atoms. The van der Waals surface area contributed by atoms with Crippen molar-refractivity contribution in [3.63, 3.8) is 0 Å². The number of aliphatic imine (C=N–C) groups is 1. The van der Waals surface area contributed by atoms with Crippen molar-refractivity contribution in [2.24, 2.45) is 4.99 Å². The molecule has 2 N–H and O–H groups in total. The fourth-order valence-corrected chi connectivity index (χ4v) is 2.82. The van der Waals surface area contributed by atoms with Gasteiger partial charge in [0.25, 0.3) is 0 Å². The Kier molecular flexibility index (Phi) is 9.33. The molecule has 0 aliphatic rings. The maximum absolute atomic E-state index is 13.2. The number of nitrogens with one attached hydrogen (secondary N) is 2. The lowest BCUT2D eigenvalue weighted by atomic mass is 10.1. The van der Waals surface area contributed by atoms with E-state index in [2.05, 4.69) is 25.8 Å². The predicted octanol–water partition coefficient (Wildman–Crippen LogP) is 4.10. The fourth-order valence-electron chi connectivity index (χ4n) is 2.63. The zero-order chi connectivity index (χ0) is 19.8. The average molecular weight is 530 g/mol. The van der Waals surface area contributed by atoms with Crippen LogP contribution < -0.4 is 10.6 Å². The first kappa shape index (κ1) is 23.1. The third-order valence-corrected chi connectivity index (χ3v) is 4.24. The Hall–Kier alpha value is -2.20. The molecule has 0 saturated heterocycles. The van der Waals surface area contributed by atoms with Crippen molar-refractivity contribution in [3.8, 4) is 11.4 Å². The molecular formula is C20H22ClFIN5O. The first-order chi connectivity index (χ1) is 13.6. The van der Waals surface area contributed by atoms with Crippen molar-refractivity contribution in [1.82, 2.24) is 20.8 Å². The fraction of sp³-hybridized carbons (Fsp3) is 0.250. The third kappa shape index (κ3) is 7.28. The zero-order valence-electron chi connectivity index (χ0n) is 15.9. The summed E-state index contributed by atoms with van der Waals surface area (Å²) >= 11 is 5.99. The molecule has 0 amide bonds. The quantitative estimate of drug-likeness (QED) is 0.274. The molecule has 3 aromatic rings. The van der Waals surface area contributed by atoms with Crippen LogP contribution in [0.25, 0.3) is 11.4 Å². The lowest BCUT2D eigenvalue weighted by Gasteiger charge is -2.11. The van der Waals surface area contributed by atoms with Gasteiger partial charge in [0.2, 0.25) is 11.7 Å². The summed E-state index contributed by atoms with van der Waals surface area (Å²) in [5.41, 5.74) is 1.74. The summed E-state index contributed by atoms with van der Waals surface area (Å²) in [6.45, 7) is 1.22. The van der Waals surface area contributed by atoms with Gasteiger partial charge in [0, 0.05) is 37.1 Å². The van der Waals surface area contributed by atoms with Crippen LogP contribution in [-0.4, -0.2) is 36.2 Å². The Morgan fingerprint density at radius 2 is 1.86 bits per heavy atom. The normalized spacial score (nSPS) is 11.1. The van der Waals surface area contributed by atoms with E-state index in [4.69, 9.17) is 16.1 Å². The minimum atomic E-state index is -0.225. The summed E-state index contributed by atoms with van der Waals surface area (Å²) in [7, 11) is 1.70. The van der Waals surface area contributed by atoms with Crippen LogP contribution in [0, 0.1) is 5.82 Å². The van der Waals surface area contributed by atoms with Crippen molar-refractivity contribution in [2.45, 2.75) is 12.8 Å². The van der Waals surface area contributed by atoms with E-state index in [1.54, 1.807) is 25.2 Å². The lowest BCUT2D eigenvalue weighted by molar-refractivity contribution is 0.378. The highest BCUT2D eigenvalue weighted by molar-refractivity contribution is 14.0. The van der Waals surface area contributed by atoms with Gasteiger partial charge in [-0.15, -0.1) is 24.0 Å². The standard InChI is InChI=1S/C20H21ClFN5O.HI/c1-23-20(24-10-8-14-4-2-7-17(22)12-14)25-11-9-18-26-19(27-28-18)15-5-3-6-16(21)13-15;/h2-7,12-13H,8-11H2,1H3,(H2,23,24,25);1H. The maximum atomic E-state index is 13.2. The zero-order valence-corrected chi connectivity index (χ0v) is 18.9. The minimum Gasteiger partial charge on any atom is -0.356 e. The molecule has 0 aliphatic heterocycles. The van der Waals surface area contributed by atoms with Gasteiger partial charge in [-0.1, -0.05) is 41.0 Å². The van der Waals surface area contributed by atoms with Crippen LogP contribution in [0.15, 0.2) is 58.0 Å². The Morgan fingerprint density at radius 1 is 1.10 bits per heavy atom. The molecule has 2 aromatic carbocycles. The molecule has 0 saturated carbocycles. The number of nitrogens with zero attached hydrogens (tertiary/aromatic N) is 3. The minimum absolute atomic E-state index is 0. The van der Waals surface area contributed by atoms with Crippen molar-refractivity contribution < 1.29 is 8.91 Å². The van der Waals surface area contributed by atoms with Crippen LogP contribution >= 0.6 is 35.6 Å². The largest absolute Gasteiger partial charge is 0.356 e. The van der Waals surface area contributed by atoms with Gasteiger partial charge in [-0.3, -0.25) is 4.99 Å². The van der Waals surface area contributed by atoms with Gasteiger partial charge in [0.1, 0.15) is 5.82 Å². The van der Waals surface area contributed by atoms with Crippen LogP contribution in [0.1, 0.15) is 11.5 Å². The van der Waals surface area contributed by atoms with Gasteiger partial charge >= 0.3 is 0 Å². The molecule has 3 rings (SSSR count). The molecule has 1 heterocycles. The number of guanidine groups is 1. The van der Waals surface area contributed by atoms with Gasteiger partial charge in [-0.25, -0.2) is 4.39 Å². The molecular weight excluding hydrogens is 508 g/mol. The molecule has 0 bridgehead atoms. The summed E-state index contributed by atoms with van der Waals surface area (Å²) < 4.78 is 18.5. The van der Waals surface area contributed by atoms with E-state index in [1.807, 2.05) is 18.2 Å². The topological polar surface area (TPSA) is 75.3 Å². The van der Waals surface area contributed by atoms with Crippen molar-refractivity contribution in [2.75, 3.05) is 20.1 Å². The second kappa shape index (κ2) is 11.7. The van der Waals surface area contributed by atoms with E-state index in [0.29, 0.717) is 48.6 Å². The molecule has 9 heteroatoms. The highest BCUT2D eigenvalue weighted by Gasteiger charge is 2.09. The van der Waals surface area contributed by atoms with E-state index in [9.17, 15) is 4.39 Å². The second-order valence-electron chi connectivity index (χ2n) is 6.08. The molecule has 6 nitrogen and oxygen atoms in total. The smallest absolute Gasteiger partial charge is 0.228 e. The third-order valence-electron chi connectivity index (χ3n) is 4.00. The molecule has 0 radical (unpaired) electrons. The average Bonchev–Trinajstić information content (AvgIpc) is 3.16. The van der Waals surface area contributed by atoms with E-state index >= 15 is 0 Å². The summed E-state index contributed by atoms with van der Waals surface area (Å²) in [5, 5.41) is 11.0. The molecule has 0 atom stereocenters. The van der Waals surface area contributed by atoms with E-state index in [0.717, 1.165) is 11.1 Å².